The number of ether oxygens (including phenoxy) is 1. The second-order valence-corrected chi connectivity index (χ2v) is 7.43. The smallest absolute Gasteiger partial charge is 0.124 e. The molecule has 2 aromatic rings. The van der Waals surface area contributed by atoms with Crippen LogP contribution in [0, 0.1) is 6.92 Å². The molecule has 1 unspecified atom stereocenters. The Hall–Kier alpha value is -0.0300. The van der Waals surface area contributed by atoms with Gasteiger partial charge in [0.15, 0.2) is 0 Å². The number of hydrogen-bond acceptors (Lipinski definition) is 1. The first kappa shape index (κ1) is 16.3. The first-order chi connectivity index (χ1) is 9.43. The maximum atomic E-state index is 6.65. The molecule has 0 radical (unpaired) electrons. The van der Waals surface area contributed by atoms with Gasteiger partial charge < -0.3 is 4.74 Å². The lowest BCUT2D eigenvalue weighted by Crippen LogP contribution is -1.99. The summed E-state index contributed by atoms with van der Waals surface area (Å²) in [4.78, 5) is 0. The van der Waals surface area contributed by atoms with Gasteiger partial charge in [0.2, 0.25) is 0 Å². The summed E-state index contributed by atoms with van der Waals surface area (Å²) in [6, 6.07) is 9.96. The Labute approximate surface area is 149 Å². The van der Waals surface area contributed by atoms with Crippen molar-refractivity contribution < 1.29 is 4.74 Å². The van der Waals surface area contributed by atoms with Gasteiger partial charge in [-0.1, -0.05) is 53.9 Å². The summed E-state index contributed by atoms with van der Waals surface area (Å²) in [6.07, 6.45) is 0. The van der Waals surface area contributed by atoms with Gasteiger partial charge in [-0.05, 0) is 42.3 Å². The van der Waals surface area contributed by atoms with Gasteiger partial charge in [-0.2, -0.15) is 0 Å². The van der Waals surface area contributed by atoms with Gasteiger partial charge in [0.1, 0.15) is 5.75 Å². The predicted octanol–water partition coefficient (Wildman–Crippen LogP) is 6.62. The van der Waals surface area contributed by atoms with Crippen LogP contribution in [0.15, 0.2) is 43.7 Å². The first-order valence-electron chi connectivity index (χ1n) is 5.87. The summed E-state index contributed by atoms with van der Waals surface area (Å²) >= 11 is 17.2. The van der Waals surface area contributed by atoms with Gasteiger partial charge in [0.25, 0.3) is 0 Å². The van der Waals surface area contributed by atoms with Crippen molar-refractivity contribution in [3.05, 3.63) is 60.4 Å². The van der Waals surface area contributed by atoms with E-state index >= 15 is 0 Å². The summed E-state index contributed by atoms with van der Waals surface area (Å²) in [7, 11) is 1.66. The van der Waals surface area contributed by atoms with Gasteiger partial charge >= 0.3 is 0 Å². The van der Waals surface area contributed by atoms with Gasteiger partial charge in [-0.3, -0.25) is 0 Å². The number of halogens is 4. The van der Waals surface area contributed by atoms with Crippen LogP contribution in [0.3, 0.4) is 0 Å². The molecule has 0 N–H and O–H groups in total. The summed E-state index contributed by atoms with van der Waals surface area (Å²) in [5, 5.41) is -0.288. The highest BCUT2D eigenvalue weighted by molar-refractivity contribution is 9.11. The molecule has 0 aliphatic rings. The van der Waals surface area contributed by atoms with Crippen LogP contribution >= 0.6 is 59.4 Å². The molecule has 20 heavy (non-hydrogen) atoms. The van der Waals surface area contributed by atoms with E-state index in [0.29, 0.717) is 0 Å². The Morgan fingerprint density at radius 2 is 1.70 bits per heavy atom. The number of benzene rings is 2. The molecular formula is C15H12Br3ClO. The molecule has 2 aromatic carbocycles. The fourth-order valence-corrected chi connectivity index (χ4v) is 4.05. The number of hydrogen-bond donors (Lipinski definition) is 0. The molecule has 2 rings (SSSR count). The van der Waals surface area contributed by atoms with Crippen molar-refractivity contribution in [2.24, 2.45) is 0 Å². The van der Waals surface area contributed by atoms with Gasteiger partial charge in [-0.25, -0.2) is 0 Å². The van der Waals surface area contributed by atoms with Crippen LogP contribution in [0.4, 0.5) is 0 Å². The first-order valence-corrected chi connectivity index (χ1v) is 8.68. The van der Waals surface area contributed by atoms with E-state index in [1.165, 1.54) is 0 Å². The molecule has 0 aromatic heterocycles. The zero-order valence-electron chi connectivity index (χ0n) is 10.9. The Balaban J connectivity index is 2.52. The number of alkyl halides is 1. The van der Waals surface area contributed by atoms with Crippen molar-refractivity contribution >= 4 is 59.4 Å². The van der Waals surface area contributed by atoms with Crippen LogP contribution in [0.1, 0.15) is 22.1 Å². The van der Waals surface area contributed by atoms with E-state index in [1.807, 2.05) is 37.3 Å². The van der Waals surface area contributed by atoms with E-state index in [0.717, 1.165) is 35.9 Å². The SMILES string of the molecule is COc1cc(C)c(Br)cc1C(Cl)c1ccc(Br)cc1Br. The highest BCUT2D eigenvalue weighted by atomic mass is 79.9. The van der Waals surface area contributed by atoms with E-state index in [-0.39, 0.29) is 5.38 Å². The van der Waals surface area contributed by atoms with Crippen LogP contribution < -0.4 is 4.74 Å². The summed E-state index contributed by atoms with van der Waals surface area (Å²) < 4.78 is 8.45. The standard InChI is InChI=1S/C15H12Br3ClO/c1-8-5-14(20-2)11(7-12(8)17)15(19)10-4-3-9(16)6-13(10)18/h3-7,15H,1-2H3. The molecule has 0 heterocycles. The quantitative estimate of drug-likeness (QED) is 0.446. The molecule has 0 saturated carbocycles. The Morgan fingerprint density at radius 1 is 1.00 bits per heavy atom. The van der Waals surface area contributed by atoms with Crippen molar-refractivity contribution in [1.29, 1.82) is 0 Å². The molecular weight excluding hydrogens is 471 g/mol. The van der Waals surface area contributed by atoms with E-state index in [2.05, 4.69) is 47.8 Å². The lowest BCUT2D eigenvalue weighted by molar-refractivity contribution is 0.409. The maximum Gasteiger partial charge on any atom is 0.124 e. The third kappa shape index (κ3) is 3.41. The maximum absolute atomic E-state index is 6.65. The van der Waals surface area contributed by atoms with Crippen molar-refractivity contribution in [3.8, 4) is 5.75 Å². The average molecular weight is 483 g/mol. The van der Waals surface area contributed by atoms with E-state index in [1.54, 1.807) is 7.11 Å². The van der Waals surface area contributed by atoms with Crippen LogP contribution in [-0.4, -0.2) is 7.11 Å². The lowest BCUT2D eigenvalue weighted by Gasteiger charge is -2.17. The van der Waals surface area contributed by atoms with E-state index in [9.17, 15) is 0 Å². The topological polar surface area (TPSA) is 9.23 Å². The van der Waals surface area contributed by atoms with Gasteiger partial charge in [-0.15, -0.1) is 11.6 Å². The number of rotatable bonds is 3. The second kappa shape index (κ2) is 6.82. The van der Waals surface area contributed by atoms with Gasteiger partial charge in [0.05, 0.1) is 12.5 Å². The van der Waals surface area contributed by atoms with Crippen molar-refractivity contribution in [2.75, 3.05) is 7.11 Å². The highest BCUT2D eigenvalue weighted by Gasteiger charge is 2.19. The second-order valence-electron chi connectivity index (χ2n) is 4.37. The fourth-order valence-electron chi connectivity index (χ4n) is 1.92. The Kier molecular flexibility index (Phi) is 5.57. The van der Waals surface area contributed by atoms with E-state index < -0.39 is 0 Å². The van der Waals surface area contributed by atoms with Crippen LogP contribution in [0.5, 0.6) is 5.75 Å². The molecule has 106 valence electrons. The molecule has 0 spiro atoms. The zero-order chi connectivity index (χ0) is 14.9. The average Bonchev–Trinajstić information content (AvgIpc) is 2.40. The summed E-state index contributed by atoms with van der Waals surface area (Å²) in [5.41, 5.74) is 3.06. The van der Waals surface area contributed by atoms with Crippen molar-refractivity contribution in [3.63, 3.8) is 0 Å². The minimum atomic E-state index is -0.288. The molecule has 0 saturated heterocycles. The largest absolute Gasteiger partial charge is 0.496 e. The fraction of sp³-hybridized carbons (Fsp3) is 0.200. The third-order valence-electron chi connectivity index (χ3n) is 3.02. The monoisotopic (exact) mass is 480 g/mol. The molecule has 1 nitrogen and oxygen atoms in total. The summed E-state index contributed by atoms with van der Waals surface area (Å²) in [5.74, 6) is 0.792. The molecule has 0 bridgehead atoms. The number of aryl methyl sites for hydroxylation is 1. The molecule has 1 atom stereocenters. The lowest BCUT2D eigenvalue weighted by atomic mass is 10.0. The molecule has 0 fully saturated rings. The summed E-state index contributed by atoms with van der Waals surface area (Å²) in [6.45, 7) is 2.02. The van der Waals surface area contributed by atoms with Crippen LogP contribution in [0.2, 0.25) is 0 Å². The van der Waals surface area contributed by atoms with Crippen LogP contribution in [0.25, 0.3) is 0 Å². The normalized spacial score (nSPS) is 12.3. The van der Waals surface area contributed by atoms with Crippen molar-refractivity contribution in [1.82, 2.24) is 0 Å². The predicted molar refractivity (Wildman–Crippen MR) is 95.0 cm³/mol. The molecule has 0 aliphatic heterocycles. The van der Waals surface area contributed by atoms with E-state index in [4.69, 9.17) is 16.3 Å². The Bertz CT molecular complexity index is 643. The molecule has 0 aliphatic carbocycles. The zero-order valence-corrected chi connectivity index (χ0v) is 16.4. The highest BCUT2D eigenvalue weighted by Crippen LogP contribution is 2.41. The molecule has 5 heteroatoms. The Morgan fingerprint density at radius 3 is 2.30 bits per heavy atom. The number of methoxy groups -OCH3 is 1. The van der Waals surface area contributed by atoms with Crippen LogP contribution in [-0.2, 0) is 0 Å². The minimum Gasteiger partial charge on any atom is -0.496 e. The molecule has 0 amide bonds. The van der Waals surface area contributed by atoms with Crippen molar-refractivity contribution in [2.45, 2.75) is 12.3 Å². The third-order valence-corrected chi connectivity index (χ3v) is 5.52. The minimum absolute atomic E-state index is 0.288. The van der Waals surface area contributed by atoms with Gasteiger partial charge in [0, 0.05) is 19.0 Å².